The molecular formula is C19H17N3O2. The minimum absolute atomic E-state index is 0.0884. The molecule has 0 saturated carbocycles. The Morgan fingerprint density at radius 3 is 2.62 bits per heavy atom. The molecule has 3 rings (SSSR count). The molecule has 1 aromatic heterocycles. The molecule has 5 heteroatoms. The van der Waals surface area contributed by atoms with Crippen LogP contribution >= 0.6 is 0 Å². The third-order valence-electron chi connectivity index (χ3n) is 3.91. The molecule has 0 radical (unpaired) electrons. The number of nitrogens with one attached hydrogen (secondary N) is 1. The zero-order valence-electron chi connectivity index (χ0n) is 13.5. The van der Waals surface area contributed by atoms with Crippen LogP contribution in [0.2, 0.25) is 0 Å². The molecule has 0 unspecified atom stereocenters. The quantitative estimate of drug-likeness (QED) is 0.802. The van der Waals surface area contributed by atoms with Gasteiger partial charge in [0.15, 0.2) is 0 Å². The van der Waals surface area contributed by atoms with Crippen molar-refractivity contribution < 1.29 is 9.53 Å². The molecule has 0 aliphatic rings. The molecule has 1 heterocycles. The van der Waals surface area contributed by atoms with Gasteiger partial charge >= 0.3 is 0 Å². The number of methoxy groups -OCH3 is 1. The Bertz CT molecular complexity index is 920. The number of carbonyl (C=O) groups excluding carboxylic acids is 1. The highest BCUT2D eigenvalue weighted by Gasteiger charge is 2.15. The largest absolute Gasteiger partial charge is 0.497 e. The van der Waals surface area contributed by atoms with Gasteiger partial charge in [-0.25, -0.2) is 0 Å². The third kappa shape index (κ3) is 3.08. The number of hydrogen-bond acceptors (Lipinski definition) is 3. The molecule has 0 spiro atoms. The number of fused-ring (bicyclic) bond motifs is 1. The van der Waals surface area contributed by atoms with Crippen LogP contribution in [-0.4, -0.2) is 29.9 Å². The fourth-order valence-corrected chi connectivity index (χ4v) is 2.58. The van der Waals surface area contributed by atoms with Gasteiger partial charge in [-0.1, -0.05) is 12.1 Å². The normalized spacial score (nSPS) is 10.4. The Morgan fingerprint density at radius 2 is 1.96 bits per heavy atom. The maximum absolute atomic E-state index is 12.6. The average Bonchev–Trinajstić information content (AvgIpc) is 3.04. The van der Waals surface area contributed by atoms with Crippen molar-refractivity contribution in [2.75, 3.05) is 14.2 Å². The summed E-state index contributed by atoms with van der Waals surface area (Å²) in [5.74, 6) is 0.656. The molecule has 0 atom stereocenters. The molecule has 120 valence electrons. The average molecular weight is 319 g/mol. The highest BCUT2D eigenvalue weighted by atomic mass is 16.5. The number of benzene rings is 2. The molecule has 24 heavy (non-hydrogen) atoms. The van der Waals surface area contributed by atoms with Gasteiger partial charge in [0.05, 0.1) is 18.7 Å². The summed E-state index contributed by atoms with van der Waals surface area (Å²) >= 11 is 0. The minimum atomic E-state index is -0.0884. The number of aromatic amines is 1. The Hall–Kier alpha value is -3.26. The molecule has 5 nitrogen and oxygen atoms in total. The van der Waals surface area contributed by atoms with Gasteiger partial charge in [0.2, 0.25) is 0 Å². The van der Waals surface area contributed by atoms with E-state index in [1.165, 1.54) is 0 Å². The van der Waals surface area contributed by atoms with E-state index >= 15 is 0 Å². The van der Waals surface area contributed by atoms with Crippen LogP contribution in [0, 0.1) is 11.3 Å². The number of hydrogen-bond donors (Lipinski definition) is 1. The predicted molar refractivity (Wildman–Crippen MR) is 91.8 cm³/mol. The summed E-state index contributed by atoms with van der Waals surface area (Å²) in [5.41, 5.74) is 2.98. The summed E-state index contributed by atoms with van der Waals surface area (Å²) < 4.78 is 5.20. The summed E-state index contributed by atoms with van der Waals surface area (Å²) in [6, 6.07) is 16.8. The van der Waals surface area contributed by atoms with Gasteiger partial charge in [-0.05, 0) is 35.9 Å². The summed E-state index contributed by atoms with van der Waals surface area (Å²) in [7, 11) is 3.37. The Labute approximate surface area is 140 Å². The van der Waals surface area contributed by atoms with Gasteiger partial charge in [-0.15, -0.1) is 0 Å². The van der Waals surface area contributed by atoms with Crippen LogP contribution in [-0.2, 0) is 6.54 Å². The standard InChI is InChI=1S/C19H17N3O2/c1-22(12-14-5-3-13(11-20)4-6-14)19(23)18-9-15-7-8-16(24-2)10-17(15)21-18/h3-10,21H,12H2,1-2H3. The van der Waals surface area contributed by atoms with Crippen molar-refractivity contribution >= 4 is 16.8 Å². The Balaban J connectivity index is 1.78. The number of nitrogens with zero attached hydrogens (tertiary/aromatic N) is 2. The smallest absolute Gasteiger partial charge is 0.270 e. The third-order valence-corrected chi connectivity index (χ3v) is 3.91. The van der Waals surface area contributed by atoms with Crippen LogP contribution < -0.4 is 4.74 Å². The van der Waals surface area contributed by atoms with E-state index in [-0.39, 0.29) is 5.91 Å². The first-order valence-electron chi connectivity index (χ1n) is 7.52. The maximum Gasteiger partial charge on any atom is 0.270 e. The van der Waals surface area contributed by atoms with Crippen molar-refractivity contribution in [3.63, 3.8) is 0 Å². The summed E-state index contributed by atoms with van der Waals surface area (Å²) in [4.78, 5) is 17.4. The molecule has 0 aliphatic carbocycles. The van der Waals surface area contributed by atoms with Crippen LogP contribution in [0.25, 0.3) is 10.9 Å². The topological polar surface area (TPSA) is 69.1 Å². The number of amides is 1. The fourth-order valence-electron chi connectivity index (χ4n) is 2.58. The molecular weight excluding hydrogens is 302 g/mol. The fraction of sp³-hybridized carbons (Fsp3) is 0.158. The van der Waals surface area contributed by atoms with E-state index < -0.39 is 0 Å². The summed E-state index contributed by atoms with van der Waals surface area (Å²) in [5, 5.41) is 9.79. The van der Waals surface area contributed by atoms with Crippen LogP contribution in [0.4, 0.5) is 0 Å². The number of H-pyrrole nitrogens is 1. The van der Waals surface area contributed by atoms with Gasteiger partial charge in [0, 0.05) is 30.6 Å². The van der Waals surface area contributed by atoms with E-state index in [4.69, 9.17) is 10.00 Å². The molecule has 3 aromatic rings. The first-order valence-corrected chi connectivity index (χ1v) is 7.52. The second-order valence-corrected chi connectivity index (χ2v) is 5.61. The lowest BCUT2D eigenvalue weighted by molar-refractivity contribution is 0.0780. The van der Waals surface area contributed by atoms with Crippen LogP contribution in [0.5, 0.6) is 5.75 Å². The predicted octanol–water partition coefficient (Wildman–Crippen LogP) is 3.32. The first kappa shape index (κ1) is 15.6. The first-order chi connectivity index (χ1) is 11.6. The lowest BCUT2D eigenvalue weighted by Crippen LogP contribution is -2.26. The van der Waals surface area contributed by atoms with Crippen LogP contribution in [0.15, 0.2) is 48.5 Å². The second kappa shape index (κ2) is 6.47. The summed E-state index contributed by atoms with van der Waals surface area (Å²) in [6.45, 7) is 0.475. The Kier molecular flexibility index (Phi) is 4.21. The van der Waals surface area contributed by atoms with Crippen molar-refractivity contribution in [1.82, 2.24) is 9.88 Å². The van der Waals surface area contributed by atoms with Crippen molar-refractivity contribution in [2.24, 2.45) is 0 Å². The lowest BCUT2D eigenvalue weighted by atomic mass is 10.1. The SMILES string of the molecule is COc1ccc2cc(C(=O)N(C)Cc3ccc(C#N)cc3)[nH]c2c1. The molecule has 0 fully saturated rings. The highest BCUT2D eigenvalue weighted by molar-refractivity contribution is 5.98. The molecule has 1 amide bonds. The van der Waals surface area contributed by atoms with E-state index in [0.29, 0.717) is 17.8 Å². The zero-order valence-corrected chi connectivity index (χ0v) is 13.5. The van der Waals surface area contributed by atoms with Crippen LogP contribution in [0.3, 0.4) is 0 Å². The highest BCUT2D eigenvalue weighted by Crippen LogP contribution is 2.22. The number of carbonyl (C=O) groups is 1. The lowest BCUT2D eigenvalue weighted by Gasteiger charge is -2.16. The molecule has 0 bridgehead atoms. The van der Waals surface area contributed by atoms with Crippen molar-refractivity contribution in [2.45, 2.75) is 6.54 Å². The number of rotatable bonds is 4. The Morgan fingerprint density at radius 1 is 1.21 bits per heavy atom. The zero-order chi connectivity index (χ0) is 17.1. The van der Waals surface area contributed by atoms with E-state index in [0.717, 1.165) is 22.2 Å². The molecule has 2 aromatic carbocycles. The van der Waals surface area contributed by atoms with Gasteiger partial charge < -0.3 is 14.6 Å². The van der Waals surface area contributed by atoms with Crippen molar-refractivity contribution in [1.29, 1.82) is 5.26 Å². The van der Waals surface area contributed by atoms with E-state index in [1.54, 1.807) is 31.2 Å². The second-order valence-electron chi connectivity index (χ2n) is 5.61. The monoisotopic (exact) mass is 319 g/mol. The van der Waals surface area contributed by atoms with Crippen LogP contribution in [0.1, 0.15) is 21.6 Å². The van der Waals surface area contributed by atoms with E-state index in [2.05, 4.69) is 11.1 Å². The molecule has 1 N–H and O–H groups in total. The number of nitriles is 1. The molecule has 0 aliphatic heterocycles. The summed E-state index contributed by atoms with van der Waals surface area (Å²) in [6.07, 6.45) is 0. The maximum atomic E-state index is 12.6. The number of aromatic nitrogens is 1. The van der Waals surface area contributed by atoms with Crippen molar-refractivity contribution in [3.05, 3.63) is 65.4 Å². The number of ether oxygens (including phenoxy) is 1. The van der Waals surface area contributed by atoms with Gasteiger partial charge in [0.1, 0.15) is 11.4 Å². The van der Waals surface area contributed by atoms with E-state index in [1.807, 2.05) is 36.4 Å². The van der Waals surface area contributed by atoms with Gasteiger partial charge in [-0.3, -0.25) is 4.79 Å². The van der Waals surface area contributed by atoms with E-state index in [9.17, 15) is 4.79 Å². The molecule has 0 saturated heterocycles. The minimum Gasteiger partial charge on any atom is -0.497 e. The van der Waals surface area contributed by atoms with Gasteiger partial charge in [-0.2, -0.15) is 5.26 Å². The van der Waals surface area contributed by atoms with Crippen molar-refractivity contribution in [3.8, 4) is 11.8 Å². The van der Waals surface area contributed by atoms with Gasteiger partial charge in [0.25, 0.3) is 5.91 Å².